The minimum absolute atomic E-state index is 0.865. The molecule has 0 saturated heterocycles. The number of allylic oxidation sites excluding steroid dienone is 1. The summed E-state index contributed by atoms with van der Waals surface area (Å²) in [6.45, 7) is 0. The van der Waals surface area contributed by atoms with E-state index in [1.807, 2.05) is 6.20 Å². The molecule has 0 unspecified atom stereocenters. The van der Waals surface area contributed by atoms with Gasteiger partial charge in [0.05, 0.1) is 16.9 Å². The molecule has 7 aromatic carbocycles. The lowest BCUT2D eigenvalue weighted by Crippen LogP contribution is -2.21. The standard InChI is InChI=1S/C44H28N2/c1-3-11-28(12-4-1)32-25-30-21-22-31-26-40-38-24-23-36(35-18-9-14-29-13-7-8-17-34(29)35)37-19-10-20-39(41(37)38)44(40)46(33-15-5-2-6-16-33)43(31)42(30)45-27-32/h1-25,27H,26H2. The Morgan fingerprint density at radius 2 is 1.20 bits per heavy atom. The van der Waals surface area contributed by atoms with Crippen LogP contribution in [0.2, 0.25) is 0 Å². The van der Waals surface area contributed by atoms with Crippen LogP contribution in [0, 0.1) is 0 Å². The van der Waals surface area contributed by atoms with Gasteiger partial charge in [-0.2, -0.15) is 0 Å². The van der Waals surface area contributed by atoms with E-state index in [1.165, 1.54) is 71.9 Å². The van der Waals surface area contributed by atoms with Crippen LogP contribution in [-0.4, -0.2) is 4.98 Å². The van der Waals surface area contributed by atoms with Crippen LogP contribution >= 0.6 is 0 Å². The molecular weight excluding hydrogens is 556 g/mol. The van der Waals surface area contributed by atoms with Crippen LogP contribution in [0.4, 0.5) is 11.4 Å². The van der Waals surface area contributed by atoms with Crippen molar-refractivity contribution in [3.8, 4) is 22.3 Å². The quantitative estimate of drug-likeness (QED) is 0.205. The largest absolute Gasteiger partial charge is 0.307 e. The highest BCUT2D eigenvalue weighted by Gasteiger charge is 2.36. The van der Waals surface area contributed by atoms with Gasteiger partial charge in [0.25, 0.3) is 0 Å². The summed E-state index contributed by atoms with van der Waals surface area (Å²) < 4.78 is 0. The molecule has 0 saturated carbocycles. The molecule has 0 amide bonds. The number of aromatic nitrogens is 1. The molecule has 2 aliphatic rings. The molecule has 2 heteroatoms. The lowest BCUT2D eigenvalue weighted by atomic mass is 9.89. The average Bonchev–Trinajstić information content (AvgIpc) is 3.45. The third-order valence-corrected chi connectivity index (χ3v) is 9.83. The Morgan fingerprint density at radius 1 is 0.500 bits per heavy atom. The highest BCUT2D eigenvalue weighted by atomic mass is 15.2. The second-order valence-corrected chi connectivity index (χ2v) is 12.3. The van der Waals surface area contributed by atoms with Gasteiger partial charge in [-0.05, 0) is 73.1 Å². The SMILES string of the molecule is c1ccc(-c2cnc3c4c(ccc3c2)CC2=C(c3cccc5c(-c6cccc7ccccc67)ccc2c35)N4c2ccccc2)cc1. The van der Waals surface area contributed by atoms with Crippen molar-refractivity contribution >= 4 is 55.1 Å². The Labute approximate surface area is 267 Å². The molecule has 2 heterocycles. The Morgan fingerprint density at radius 3 is 2.09 bits per heavy atom. The van der Waals surface area contributed by atoms with Gasteiger partial charge in [0.1, 0.15) is 0 Å². The van der Waals surface area contributed by atoms with Crippen molar-refractivity contribution in [3.05, 3.63) is 175 Å². The monoisotopic (exact) mass is 584 g/mol. The maximum atomic E-state index is 5.18. The van der Waals surface area contributed by atoms with Crippen LogP contribution in [-0.2, 0) is 6.42 Å². The average molecular weight is 585 g/mol. The van der Waals surface area contributed by atoms with Gasteiger partial charge in [-0.25, -0.2) is 0 Å². The van der Waals surface area contributed by atoms with E-state index in [-0.39, 0.29) is 0 Å². The summed E-state index contributed by atoms with van der Waals surface area (Å²) in [4.78, 5) is 7.66. The zero-order chi connectivity index (χ0) is 30.2. The lowest BCUT2D eigenvalue weighted by molar-refractivity contribution is 1.18. The minimum atomic E-state index is 0.865. The van der Waals surface area contributed by atoms with Crippen LogP contribution in [0.1, 0.15) is 16.7 Å². The van der Waals surface area contributed by atoms with E-state index in [0.717, 1.165) is 28.6 Å². The summed E-state index contributed by atoms with van der Waals surface area (Å²) in [6.07, 6.45) is 2.90. The van der Waals surface area contributed by atoms with Gasteiger partial charge in [-0.3, -0.25) is 4.98 Å². The summed E-state index contributed by atoms with van der Waals surface area (Å²) in [6, 6.07) is 55.1. The third-order valence-electron chi connectivity index (χ3n) is 9.83. The third kappa shape index (κ3) is 3.61. The number of pyridine rings is 1. The van der Waals surface area contributed by atoms with E-state index in [4.69, 9.17) is 4.98 Å². The second-order valence-electron chi connectivity index (χ2n) is 12.3. The van der Waals surface area contributed by atoms with Gasteiger partial charge in [-0.1, -0.05) is 133 Å². The first-order chi connectivity index (χ1) is 22.8. The van der Waals surface area contributed by atoms with Crippen LogP contribution in [0.5, 0.6) is 0 Å². The second kappa shape index (κ2) is 9.76. The smallest absolute Gasteiger partial charge is 0.0945 e. The van der Waals surface area contributed by atoms with E-state index in [0.29, 0.717) is 0 Å². The number of fused-ring (bicyclic) bond motifs is 6. The predicted molar refractivity (Wildman–Crippen MR) is 193 cm³/mol. The van der Waals surface area contributed by atoms with Crippen LogP contribution in [0.3, 0.4) is 0 Å². The Kier molecular flexibility index (Phi) is 5.38. The first kappa shape index (κ1) is 25.3. The maximum absolute atomic E-state index is 5.18. The van der Waals surface area contributed by atoms with Gasteiger partial charge < -0.3 is 4.90 Å². The van der Waals surface area contributed by atoms with Crippen molar-refractivity contribution < 1.29 is 0 Å². The molecule has 0 radical (unpaired) electrons. The molecule has 2 nitrogen and oxygen atoms in total. The molecule has 0 atom stereocenters. The fourth-order valence-electron chi connectivity index (χ4n) is 7.82. The van der Waals surface area contributed by atoms with Crippen LogP contribution in [0.25, 0.3) is 66.0 Å². The first-order valence-electron chi connectivity index (χ1n) is 15.9. The highest BCUT2D eigenvalue weighted by molar-refractivity contribution is 6.23. The van der Waals surface area contributed by atoms with Gasteiger partial charge in [-0.15, -0.1) is 0 Å². The molecule has 0 N–H and O–H groups in total. The Balaban J connectivity index is 1.21. The van der Waals surface area contributed by atoms with Crippen molar-refractivity contribution in [1.82, 2.24) is 4.98 Å². The van der Waals surface area contributed by atoms with Crippen molar-refractivity contribution in [2.24, 2.45) is 0 Å². The number of hydrogen-bond acceptors (Lipinski definition) is 2. The first-order valence-corrected chi connectivity index (χ1v) is 15.9. The predicted octanol–water partition coefficient (Wildman–Crippen LogP) is 11.5. The summed E-state index contributed by atoms with van der Waals surface area (Å²) in [5, 5.41) is 6.34. The summed E-state index contributed by atoms with van der Waals surface area (Å²) in [5.41, 5.74) is 14.8. The maximum Gasteiger partial charge on any atom is 0.0945 e. The minimum Gasteiger partial charge on any atom is -0.307 e. The van der Waals surface area contributed by atoms with Gasteiger partial charge in [0, 0.05) is 34.8 Å². The number of rotatable bonds is 3. The molecule has 10 rings (SSSR count). The van der Waals surface area contributed by atoms with E-state index < -0.39 is 0 Å². The molecule has 214 valence electrons. The summed E-state index contributed by atoms with van der Waals surface area (Å²) in [5.74, 6) is 0. The van der Waals surface area contributed by atoms with Crippen molar-refractivity contribution in [3.63, 3.8) is 0 Å². The molecule has 8 aromatic rings. The molecule has 1 aliphatic carbocycles. The summed E-state index contributed by atoms with van der Waals surface area (Å²) >= 11 is 0. The van der Waals surface area contributed by atoms with Gasteiger partial charge in [0.2, 0.25) is 0 Å². The highest BCUT2D eigenvalue weighted by Crippen LogP contribution is 2.55. The molecule has 46 heavy (non-hydrogen) atoms. The number of benzene rings is 7. The normalized spacial score (nSPS) is 13.4. The molecule has 1 aliphatic heterocycles. The van der Waals surface area contributed by atoms with Crippen molar-refractivity contribution in [2.45, 2.75) is 6.42 Å². The Hall–Kier alpha value is -5.99. The number of para-hydroxylation sites is 1. The number of nitrogens with zero attached hydrogens (tertiary/aromatic N) is 2. The van der Waals surface area contributed by atoms with E-state index in [2.05, 4.69) is 157 Å². The summed E-state index contributed by atoms with van der Waals surface area (Å²) in [7, 11) is 0. The topological polar surface area (TPSA) is 16.1 Å². The van der Waals surface area contributed by atoms with Gasteiger partial charge in [0.15, 0.2) is 0 Å². The number of hydrogen-bond donors (Lipinski definition) is 0. The molecular formula is C44H28N2. The van der Waals surface area contributed by atoms with Crippen LogP contribution in [0.15, 0.2) is 158 Å². The Bertz CT molecular complexity index is 2540. The number of anilines is 2. The van der Waals surface area contributed by atoms with E-state index in [9.17, 15) is 0 Å². The van der Waals surface area contributed by atoms with Gasteiger partial charge >= 0.3 is 0 Å². The van der Waals surface area contributed by atoms with E-state index >= 15 is 0 Å². The molecule has 1 aromatic heterocycles. The molecule has 0 fully saturated rings. The van der Waals surface area contributed by atoms with Crippen molar-refractivity contribution in [2.75, 3.05) is 4.90 Å². The fourth-order valence-corrected chi connectivity index (χ4v) is 7.82. The van der Waals surface area contributed by atoms with Crippen LogP contribution < -0.4 is 4.90 Å². The zero-order valence-corrected chi connectivity index (χ0v) is 25.1. The molecule has 0 bridgehead atoms. The molecule has 0 spiro atoms. The zero-order valence-electron chi connectivity index (χ0n) is 25.1. The lowest BCUT2D eigenvalue weighted by Gasteiger charge is -2.34. The van der Waals surface area contributed by atoms with E-state index in [1.54, 1.807) is 0 Å². The van der Waals surface area contributed by atoms with Crippen molar-refractivity contribution in [1.29, 1.82) is 0 Å². The fraction of sp³-hybridized carbons (Fsp3) is 0.0227.